The average Bonchev–Trinajstić information content (AvgIpc) is 3.22. The van der Waals surface area contributed by atoms with Gasteiger partial charge in [-0.25, -0.2) is 0 Å². The quantitative estimate of drug-likeness (QED) is 0.467. The zero-order valence-corrected chi connectivity index (χ0v) is 16.0. The average molecular weight is 382 g/mol. The first kappa shape index (κ1) is 18.2. The molecule has 0 radical (unpaired) electrons. The van der Waals surface area contributed by atoms with Crippen molar-refractivity contribution in [2.45, 2.75) is 18.4 Å². The molecule has 7 nitrogen and oxygen atoms in total. The van der Waals surface area contributed by atoms with Crippen molar-refractivity contribution >= 4 is 11.4 Å². The van der Waals surface area contributed by atoms with Crippen LogP contribution in [-0.2, 0) is 0 Å². The molecule has 0 aromatic heterocycles. The van der Waals surface area contributed by atoms with E-state index < -0.39 is 4.92 Å². The summed E-state index contributed by atoms with van der Waals surface area (Å²) in [5, 5.41) is 15.0. The van der Waals surface area contributed by atoms with E-state index in [0.717, 1.165) is 29.0 Å². The first-order valence-corrected chi connectivity index (χ1v) is 9.08. The van der Waals surface area contributed by atoms with Gasteiger partial charge in [-0.1, -0.05) is 18.2 Å². The second kappa shape index (κ2) is 7.07. The molecule has 3 atom stereocenters. The van der Waals surface area contributed by atoms with E-state index in [1.807, 2.05) is 18.2 Å². The highest BCUT2D eigenvalue weighted by Crippen LogP contribution is 2.53. The largest absolute Gasteiger partial charge is 0.497 e. The number of allylic oxidation sites excluding steroid dienone is 2. The Labute approximate surface area is 163 Å². The van der Waals surface area contributed by atoms with Gasteiger partial charge in [-0.2, -0.15) is 0 Å². The zero-order chi connectivity index (χ0) is 19.8. The van der Waals surface area contributed by atoms with Gasteiger partial charge in [0.05, 0.1) is 38.0 Å². The third kappa shape index (κ3) is 2.83. The molecule has 0 fully saturated rings. The predicted octanol–water partition coefficient (Wildman–Crippen LogP) is 4.45. The Morgan fingerprint density at radius 3 is 2.54 bits per heavy atom. The van der Waals surface area contributed by atoms with E-state index in [4.69, 9.17) is 14.2 Å². The maximum Gasteiger partial charge on any atom is 0.311 e. The Kier molecular flexibility index (Phi) is 4.58. The van der Waals surface area contributed by atoms with Crippen LogP contribution < -0.4 is 19.5 Å². The van der Waals surface area contributed by atoms with Crippen molar-refractivity contribution in [3.8, 4) is 17.2 Å². The van der Waals surface area contributed by atoms with Gasteiger partial charge in [0.2, 0.25) is 0 Å². The van der Waals surface area contributed by atoms with Gasteiger partial charge in [-0.05, 0) is 35.6 Å². The lowest BCUT2D eigenvalue weighted by Crippen LogP contribution is -2.29. The van der Waals surface area contributed by atoms with Gasteiger partial charge in [-0.3, -0.25) is 10.1 Å². The van der Waals surface area contributed by atoms with Crippen molar-refractivity contribution < 1.29 is 19.1 Å². The number of nitro groups is 1. The highest BCUT2D eigenvalue weighted by molar-refractivity contribution is 5.70. The molecule has 2 aromatic carbocycles. The van der Waals surface area contributed by atoms with Crippen LogP contribution in [0.5, 0.6) is 17.2 Å². The number of anilines is 1. The Balaban J connectivity index is 1.82. The lowest BCUT2D eigenvalue weighted by molar-refractivity contribution is -0.385. The summed E-state index contributed by atoms with van der Waals surface area (Å²) in [5.74, 6) is 2.13. The standard InChI is InChI=1S/C21H22N2O5/c1-26-13-10-16-14-5-4-6-15(14)20(22-21(16)19(11-13)28-3)12-7-8-18(27-2)17(9-12)23(24)25/h4-5,7-11,14-15,20,22H,6H2,1-3H3/t14-,15-,20+/m1/s1. The fourth-order valence-electron chi connectivity index (χ4n) is 4.29. The van der Waals surface area contributed by atoms with Gasteiger partial charge in [0.25, 0.3) is 0 Å². The number of nitrogens with one attached hydrogen (secondary N) is 1. The number of rotatable bonds is 5. The first-order valence-electron chi connectivity index (χ1n) is 9.08. The van der Waals surface area contributed by atoms with Crippen molar-refractivity contribution in [1.82, 2.24) is 0 Å². The molecule has 1 aliphatic heterocycles. The minimum absolute atomic E-state index is 0.0307. The molecule has 1 aliphatic carbocycles. The Morgan fingerprint density at radius 2 is 1.86 bits per heavy atom. The summed E-state index contributed by atoms with van der Waals surface area (Å²) in [6.07, 6.45) is 5.26. The van der Waals surface area contributed by atoms with E-state index in [2.05, 4.69) is 17.5 Å². The van der Waals surface area contributed by atoms with Crippen molar-refractivity contribution in [2.75, 3.05) is 26.6 Å². The lowest BCUT2D eigenvalue weighted by atomic mass is 9.76. The lowest BCUT2D eigenvalue weighted by Gasteiger charge is -2.38. The van der Waals surface area contributed by atoms with Crippen LogP contribution in [0.4, 0.5) is 11.4 Å². The second-order valence-electron chi connectivity index (χ2n) is 6.96. The van der Waals surface area contributed by atoms with E-state index in [-0.39, 0.29) is 29.3 Å². The van der Waals surface area contributed by atoms with Gasteiger partial charge in [0.15, 0.2) is 5.75 Å². The third-order valence-corrected chi connectivity index (χ3v) is 5.62. The number of nitrogens with zero attached hydrogens (tertiary/aromatic N) is 1. The molecule has 146 valence electrons. The highest BCUT2D eigenvalue weighted by Gasteiger charge is 2.40. The van der Waals surface area contributed by atoms with Gasteiger partial charge in [0, 0.05) is 18.1 Å². The second-order valence-corrected chi connectivity index (χ2v) is 6.96. The van der Waals surface area contributed by atoms with E-state index >= 15 is 0 Å². The van der Waals surface area contributed by atoms with Crippen molar-refractivity contribution in [1.29, 1.82) is 0 Å². The minimum Gasteiger partial charge on any atom is -0.497 e. The van der Waals surface area contributed by atoms with E-state index in [0.29, 0.717) is 5.75 Å². The molecule has 0 saturated carbocycles. The van der Waals surface area contributed by atoms with Crippen LogP contribution in [0.1, 0.15) is 29.5 Å². The summed E-state index contributed by atoms with van der Waals surface area (Å²) in [6, 6.07) is 8.95. The molecule has 4 rings (SSSR count). The maximum absolute atomic E-state index is 11.5. The normalized spacial score (nSPS) is 22.0. The molecular weight excluding hydrogens is 360 g/mol. The van der Waals surface area contributed by atoms with Crippen molar-refractivity contribution in [3.05, 3.63) is 63.7 Å². The molecule has 1 N–H and O–H groups in total. The molecule has 0 bridgehead atoms. The summed E-state index contributed by atoms with van der Waals surface area (Å²) < 4.78 is 16.2. The van der Waals surface area contributed by atoms with E-state index in [1.54, 1.807) is 26.4 Å². The summed E-state index contributed by atoms with van der Waals surface area (Å²) in [5.41, 5.74) is 2.85. The number of methoxy groups -OCH3 is 3. The van der Waals surface area contributed by atoms with Crippen LogP contribution in [0.3, 0.4) is 0 Å². The fraction of sp³-hybridized carbons (Fsp3) is 0.333. The SMILES string of the molecule is COc1cc(OC)c2c(c1)[C@@H]1C=CC[C@H]1[C@H](c1ccc(OC)c([N+](=O)[O-])c1)N2. The Bertz CT molecular complexity index is 956. The van der Waals surface area contributed by atoms with Crippen LogP contribution in [-0.4, -0.2) is 26.3 Å². The molecule has 0 amide bonds. The van der Waals surface area contributed by atoms with Crippen LogP contribution in [0, 0.1) is 16.0 Å². The topological polar surface area (TPSA) is 82.9 Å². The Hall–Kier alpha value is -3.22. The van der Waals surface area contributed by atoms with Crippen molar-refractivity contribution in [3.63, 3.8) is 0 Å². The molecule has 2 aromatic rings. The number of benzene rings is 2. The van der Waals surface area contributed by atoms with Crippen LogP contribution in [0.2, 0.25) is 0 Å². The maximum atomic E-state index is 11.5. The number of hydrogen-bond acceptors (Lipinski definition) is 6. The monoisotopic (exact) mass is 382 g/mol. The van der Waals surface area contributed by atoms with Crippen molar-refractivity contribution in [2.24, 2.45) is 5.92 Å². The van der Waals surface area contributed by atoms with Crippen LogP contribution >= 0.6 is 0 Å². The van der Waals surface area contributed by atoms with Gasteiger partial charge in [-0.15, -0.1) is 0 Å². The smallest absolute Gasteiger partial charge is 0.311 e. The number of nitro benzene ring substituents is 1. The number of fused-ring (bicyclic) bond motifs is 3. The van der Waals surface area contributed by atoms with Gasteiger partial charge < -0.3 is 19.5 Å². The van der Waals surface area contributed by atoms with E-state index in [9.17, 15) is 10.1 Å². The number of ether oxygens (including phenoxy) is 3. The third-order valence-electron chi connectivity index (χ3n) is 5.62. The molecule has 0 spiro atoms. The van der Waals surface area contributed by atoms with Crippen LogP contribution in [0.15, 0.2) is 42.5 Å². The first-order chi connectivity index (χ1) is 13.6. The number of hydrogen-bond donors (Lipinski definition) is 1. The molecular formula is C21H22N2O5. The molecule has 1 heterocycles. The van der Waals surface area contributed by atoms with E-state index in [1.165, 1.54) is 7.11 Å². The summed E-state index contributed by atoms with van der Waals surface area (Å²) >= 11 is 0. The zero-order valence-electron chi connectivity index (χ0n) is 16.0. The fourth-order valence-corrected chi connectivity index (χ4v) is 4.29. The van der Waals surface area contributed by atoms with Crippen LogP contribution in [0.25, 0.3) is 0 Å². The van der Waals surface area contributed by atoms with Gasteiger partial charge >= 0.3 is 5.69 Å². The van der Waals surface area contributed by atoms with Gasteiger partial charge in [0.1, 0.15) is 11.5 Å². The minimum atomic E-state index is -0.408. The summed E-state index contributed by atoms with van der Waals surface area (Å²) in [6.45, 7) is 0. The summed E-state index contributed by atoms with van der Waals surface area (Å²) in [7, 11) is 4.70. The molecule has 2 aliphatic rings. The molecule has 28 heavy (non-hydrogen) atoms. The highest BCUT2D eigenvalue weighted by atomic mass is 16.6. The molecule has 0 unspecified atom stereocenters. The predicted molar refractivity (Wildman–Crippen MR) is 106 cm³/mol. The summed E-state index contributed by atoms with van der Waals surface area (Å²) in [4.78, 5) is 11.1. The molecule has 0 saturated heterocycles. The Morgan fingerprint density at radius 1 is 1.07 bits per heavy atom. The molecule has 7 heteroatoms.